The molecule has 170 valence electrons. The molecule has 2 N–H and O–H groups in total. The summed E-state index contributed by atoms with van der Waals surface area (Å²) in [6.07, 6.45) is 2.79. The monoisotopic (exact) mass is 446 g/mol. The van der Waals surface area contributed by atoms with Crippen LogP contribution in [0.4, 0.5) is 9.18 Å². The zero-order valence-corrected chi connectivity index (χ0v) is 18.3. The largest absolute Gasteiger partial charge is 0.327 e. The average molecular weight is 447 g/mol. The summed E-state index contributed by atoms with van der Waals surface area (Å²) in [7, 11) is -3.58. The lowest BCUT2D eigenvalue weighted by Crippen LogP contribution is -2.65. The Morgan fingerprint density at radius 2 is 2.00 bits per heavy atom. The van der Waals surface area contributed by atoms with E-state index in [1.54, 1.807) is 0 Å². The number of amides is 3. The zero-order chi connectivity index (χ0) is 21.7. The number of hydroxylamine groups is 1. The highest BCUT2D eigenvalue weighted by Gasteiger charge is 2.52. The van der Waals surface area contributed by atoms with Crippen molar-refractivity contribution >= 4 is 22.0 Å². The molecule has 0 radical (unpaired) electrons. The minimum absolute atomic E-state index is 0.0781. The predicted molar refractivity (Wildman–Crippen MR) is 106 cm³/mol. The molecule has 0 aromatic carbocycles. The maximum Gasteiger partial charge on any atom is 0.327 e. The third kappa shape index (κ3) is 4.21. The Morgan fingerprint density at radius 3 is 2.60 bits per heavy atom. The third-order valence-corrected chi connectivity index (χ3v) is 8.90. The molecule has 3 amide bonds. The maximum absolute atomic E-state index is 13.3. The molecule has 2 saturated carbocycles. The van der Waals surface area contributed by atoms with E-state index in [4.69, 9.17) is 4.84 Å². The first kappa shape index (κ1) is 21.9. The van der Waals surface area contributed by atoms with E-state index in [-0.39, 0.29) is 43.1 Å². The molecule has 30 heavy (non-hydrogen) atoms. The fourth-order valence-electron chi connectivity index (χ4n) is 4.88. The Bertz CT molecular complexity index is 805. The number of carbonyl (C=O) groups excluding carboxylic acids is 2. The van der Waals surface area contributed by atoms with Crippen LogP contribution in [-0.4, -0.2) is 78.9 Å². The minimum Gasteiger partial charge on any atom is -0.318 e. The molecule has 4 rings (SSSR count). The molecule has 0 aromatic rings. The Kier molecular flexibility index (Phi) is 5.84. The van der Waals surface area contributed by atoms with E-state index in [0.717, 1.165) is 17.7 Å². The van der Waals surface area contributed by atoms with Crippen molar-refractivity contribution in [1.29, 1.82) is 0 Å². The fraction of sp³-hybridized carbons (Fsp3) is 0.895. The molecular weight excluding hydrogens is 415 g/mol. The van der Waals surface area contributed by atoms with Crippen molar-refractivity contribution in [3.05, 3.63) is 0 Å². The van der Waals surface area contributed by atoms with Gasteiger partial charge in [-0.2, -0.15) is 5.48 Å². The normalized spacial score (nSPS) is 36.2. The number of nitrogens with zero attached hydrogens (tertiary/aromatic N) is 2. The Labute approximate surface area is 176 Å². The van der Waals surface area contributed by atoms with Gasteiger partial charge in [-0.3, -0.25) is 14.5 Å². The van der Waals surface area contributed by atoms with Crippen LogP contribution in [0.15, 0.2) is 0 Å². The second kappa shape index (κ2) is 7.99. The lowest BCUT2D eigenvalue weighted by atomic mass is 9.80. The van der Waals surface area contributed by atoms with E-state index in [0.29, 0.717) is 19.3 Å². The lowest BCUT2D eigenvalue weighted by molar-refractivity contribution is -0.142. The molecule has 2 aliphatic carbocycles. The molecule has 0 aromatic heterocycles. The van der Waals surface area contributed by atoms with Crippen LogP contribution in [0.5, 0.6) is 0 Å². The summed E-state index contributed by atoms with van der Waals surface area (Å²) in [5.74, 6) is -1.02. The molecule has 4 fully saturated rings. The lowest BCUT2D eigenvalue weighted by Gasteiger charge is -2.48. The predicted octanol–water partition coefficient (Wildman–Crippen LogP) is 0.911. The van der Waals surface area contributed by atoms with Gasteiger partial charge in [0.15, 0.2) is 0 Å². The molecule has 0 bridgehead atoms. The number of hydrogen-bond acceptors (Lipinski definition) is 6. The van der Waals surface area contributed by atoms with Crippen LogP contribution in [-0.2, 0) is 19.7 Å². The van der Waals surface area contributed by atoms with Crippen molar-refractivity contribution in [3.63, 3.8) is 0 Å². The molecule has 2 saturated heterocycles. The summed E-state index contributed by atoms with van der Waals surface area (Å²) in [5, 5.41) is -0.688. The van der Waals surface area contributed by atoms with E-state index in [9.17, 15) is 22.4 Å². The van der Waals surface area contributed by atoms with Crippen molar-refractivity contribution in [2.75, 3.05) is 19.8 Å². The van der Waals surface area contributed by atoms with Gasteiger partial charge in [0.25, 0.3) is 0 Å². The highest BCUT2D eigenvalue weighted by molar-refractivity contribution is 7.90. The topological polar surface area (TPSA) is 108 Å². The summed E-state index contributed by atoms with van der Waals surface area (Å²) >= 11 is 0. The standard InChI is InChI=1S/C19H31FN4O5S/c1-12-9-13(29-21-12)11-24-17(25)15-10-14(30(27,28)22-19(2)5-6-19)3-4-16(15)23(8-7-20)18(24)26/h12-16,21-22H,3-11H2,1-2H3. The van der Waals surface area contributed by atoms with Crippen molar-refractivity contribution in [2.45, 2.75) is 81.3 Å². The molecule has 0 spiro atoms. The molecule has 5 unspecified atom stereocenters. The first-order valence-electron chi connectivity index (χ1n) is 10.8. The van der Waals surface area contributed by atoms with Gasteiger partial charge in [0, 0.05) is 17.6 Å². The van der Waals surface area contributed by atoms with Gasteiger partial charge in [0.1, 0.15) is 6.67 Å². The molecule has 2 aliphatic heterocycles. The number of alkyl halides is 1. The van der Waals surface area contributed by atoms with Crippen molar-refractivity contribution in [1.82, 2.24) is 20.0 Å². The summed E-state index contributed by atoms with van der Waals surface area (Å²) in [6, 6.07) is -0.854. The van der Waals surface area contributed by atoms with Crippen LogP contribution < -0.4 is 10.2 Å². The molecule has 4 aliphatic rings. The number of carbonyl (C=O) groups is 2. The van der Waals surface area contributed by atoms with Crippen LogP contribution in [0, 0.1) is 5.92 Å². The number of imide groups is 1. The van der Waals surface area contributed by atoms with Crippen molar-refractivity contribution in [3.8, 4) is 0 Å². The van der Waals surface area contributed by atoms with Gasteiger partial charge in [-0.15, -0.1) is 0 Å². The molecule has 2 heterocycles. The number of hydrogen-bond donors (Lipinski definition) is 2. The SMILES string of the molecule is CC1CC(CN2C(=O)C3CC(S(=O)(=O)NC4(C)CC4)CCC3N(CCF)C2=O)ON1. The Hall–Kier alpha value is -1.30. The Morgan fingerprint density at radius 1 is 1.27 bits per heavy atom. The van der Waals surface area contributed by atoms with Gasteiger partial charge >= 0.3 is 6.03 Å². The summed E-state index contributed by atoms with van der Waals surface area (Å²) < 4.78 is 41.8. The third-order valence-electron chi connectivity index (χ3n) is 6.82. The van der Waals surface area contributed by atoms with E-state index in [1.807, 2.05) is 13.8 Å². The fourth-order valence-corrected chi connectivity index (χ4v) is 6.85. The minimum atomic E-state index is -3.58. The highest BCUT2D eigenvalue weighted by atomic mass is 32.2. The first-order valence-corrected chi connectivity index (χ1v) is 12.3. The van der Waals surface area contributed by atoms with Gasteiger partial charge in [-0.1, -0.05) is 0 Å². The van der Waals surface area contributed by atoms with Crippen LogP contribution in [0.25, 0.3) is 0 Å². The molecule has 5 atom stereocenters. The van der Waals surface area contributed by atoms with Crippen molar-refractivity contribution < 1.29 is 27.2 Å². The first-order chi connectivity index (χ1) is 14.1. The second-order valence-corrected chi connectivity index (χ2v) is 11.4. The number of fused-ring (bicyclic) bond motifs is 1. The number of rotatable bonds is 7. The number of sulfonamides is 1. The quantitative estimate of drug-likeness (QED) is 0.602. The van der Waals surface area contributed by atoms with Crippen LogP contribution in [0.3, 0.4) is 0 Å². The summed E-state index contributed by atoms with van der Waals surface area (Å²) in [6.45, 7) is 3.08. The Balaban J connectivity index is 1.52. The number of nitrogens with one attached hydrogen (secondary N) is 2. The van der Waals surface area contributed by atoms with E-state index >= 15 is 0 Å². The average Bonchev–Trinajstić information content (AvgIpc) is 3.26. The smallest absolute Gasteiger partial charge is 0.318 e. The molecular formula is C19H31FN4O5S. The van der Waals surface area contributed by atoms with Crippen LogP contribution in [0.2, 0.25) is 0 Å². The summed E-state index contributed by atoms with van der Waals surface area (Å²) in [4.78, 5) is 34.2. The number of halogens is 1. The van der Waals surface area contributed by atoms with E-state index in [1.165, 1.54) is 4.90 Å². The molecule has 11 heteroatoms. The van der Waals surface area contributed by atoms with Gasteiger partial charge in [0.05, 0.1) is 30.4 Å². The second-order valence-electron chi connectivity index (χ2n) is 9.42. The zero-order valence-electron chi connectivity index (χ0n) is 17.5. The summed E-state index contributed by atoms with van der Waals surface area (Å²) in [5.41, 5.74) is 2.45. The van der Waals surface area contributed by atoms with Crippen LogP contribution >= 0.6 is 0 Å². The number of urea groups is 1. The van der Waals surface area contributed by atoms with Gasteiger partial charge in [-0.25, -0.2) is 22.3 Å². The van der Waals surface area contributed by atoms with Gasteiger partial charge < -0.3 is 4.90 Å². The van der Waals surface area contributed by atoms with E-state index < -0.39 is 39.9 Å². The van der Waals surface area contributed by atoms with Crippen molar-refractivity contribution in [2.24, 2.45) is 5.92 Å². The van der Waals surface area contributed by atoms with Gasteiger partial charge in [0.2, 0.25) is 15.9 Å². The molecule has 9 nitrogen and oxygen atoms in total. The maximum atomic E-state index is 13.3. The van der Waals surface area contributed by atoms with Crippen LogP contribution in [0.1, 0.15) is 52.4 Å². The highest BCUT2D eigenvalue weighted by Crippen LogP contribution is 2.40. The van der Waals surface area contributed by atoms with Gasteiger partial charge in [-0.05, 0) is 52.4 Å². The van der Waals surface area contributed by atoms with E-state index in [2.05, 4.69) is 10.2 Å².